The van der Waals surface area contributed by atoms with Crippen LogP contribution in [-0.4, -0.2) is 60.7 Å². The Morgan fingerprint density at radius 3 is 2.38 bits per heavy atom. The molecule has 2 amide bonds. The Balaban J connectivity index is 2.05. The molecule has 0 aliphatic carbocycles. The molecule has 1 fully saturated rings. The van der Waals surface area contributed by atoms with E-state index in [1.807, 2.05) is 30.3 Å². The summed E-state index contributed by atoms with van der Waals surface area (Å²) in [5.74, 6) is -1.72. The number of hydrogen-bond acceptors (Lipinski definition) is 8. The van der Waals surface area contributed by atoms with Gasteiger partial charge in [0.1, 0.15) is 11.9 Å². The van der Waals surface area contributed by atoms with Gasteiger partial charge >= 0.3 is 6.16 Å². The maximum atomic E-state index is 13.1. The van der Waals surface area contributed by atoms with E-state index < -0.39 is 39.8 Å². The smallest absolute Gasteiger partial charge is 0.428 e. The van der Waals surface area contributed by atoms with Crippen LogP contribution in [0.25, 0.3) is 0 Å². The third-order valence-corrected chi connectivity index (χ3v) is 6.98. The van der Waals surface area contributed by atoms with Crippen molar-refractivity contribution in [2.45, 2.75) is 58.1 Å². The summed E-state index contributed by atoms with van der Waals surface area (Å²) >= 11 is 0. The molecule has 1 aliphatic heterocycles. The molecule has 0 spiro atoms. The molecular weight excluding hydrogens is 438 g/mol. The Morgan fingerprint density at radius 1 is 1.12 bits per heavy atom. The number of benzene rings is 1. The standard InChI is InChI=1S/C21H31N3O7S/c1-2-23(15-17-9-5-3-6-10-17)32(28,29)16-18(11-7-4-8-14-22)30-21(27)31-24-19(25)12-13-20(24)26/h3,5-6,9-10,18H,2,4,7-8,11-16,22H2,1H3. The minimum Gasteiger partial charge on any atom is -0.428 e. The van der Waals surface area contributed by atoms with Gasteiger partial charge in [-0.1, -0.05) is 48.7 Å². The average Bonchev–Trinajstić information content (AvgIpc) is 3.07. The van der Waals surface area contributed by atoms with Crippen molar-refractivity contribution in [2.75, 3.05) is 18.8 Å². The SMILES string of the molecule is CCN(Cc1ccccc1)S(=O)(=O)CC(CCCCCN)OC(=O)ON1C(=O)CCC1=O. The number of hydrogen-bond donors (Lipinski definition) is 1. The fourth-order valence-corrected chi connectivity index (χ4v) is 4.95. The highest BCUT2D eigenvalue weighted by Crippen LogP contribution is 2.17. The number of unbranched alkanes of at least 4 members (excludes halogenated alkanes) is 2. The van der Waals surface area contributed by atoms with E-state index in [0.29, 0.717) is 18.0 Å². The molecule has 0 bridgehead atoms. The number of carbonyl (C=O) groups is 3. The van der Waals surface area contributed by atoms with Crippen molar-refractivity contribution in [1.29, 1.82) is 0 Å². The first-order valence-corrected chi connectivity index (χ1v) is 12.3. The Labute approximate surface area is 188 Å². The molecule has 1 unspecified atom stereocenters. The Kier molecular flexibility index (Phi) is 10.1. The fourth-order valence-electron chi connectivity index (χ4n) is 3.29. The second kappa shape index (κ2) is 12.5. The molecule has 1 atom stereocenters. The van der Waals surface area contributed by atoms with Gasteiger partial charge < -0.3 is 10.5 Å². The first-order chi connectivity index (χ1) is 15.3. The van der Waals surface area contributed by atoms with Gasteiger partial charge in [0.25, 0.3) is 11.8 Å². The molecule has 0 aromatic heterocycles. The van der Waals surface area contributed by atoms with Crippen LogP contribution in [0.3, 0.4) is 0 Å². The number of nitrogens with two attached hydrogens (primary N) is 1. The van der Waals surface area contributed by atoms with E-state index in [9.17, 15) is 22.8 Å². The van der Waals surface area contributed by atoms with Gasteiger partial charge in [0, 0.05) is 25.9 Å². The molecule has 1 aliphatic rings. The van der Waals surface area contributed by atoms with Crippen molar-refractivity contribution in [3.63, 3.8) is 0 Å². The van der Waals surface area contributed by atoms with E-state index in [4.69, 9.17) is 15.3 Å². The number of imide groups is 1. The zero-order valence-electron chi connectivity index (χ0n) is 18.3. The minimum absolute atomic E-state index is 0.0477. The Bertz CT molecular complexity index is 861. The first-order valence-electron chi connectivity index (χ1n) is 10.7. The number of sulfonamides is 1. The zero-order chi connectivity index (χ0) is 23.6. The lowest BCUT2D eigenvalue weighted by Crippen LogP contribution is -2.39. The van der Waals surface area contributed by atoms with Gasteiger partial charge in [-0.25, -0.2) is 13.2 Å². The highest BCUT2D eigenvalue weighted by molar-refractivity contribution is 7.89. The molecular formula is C21H31N3O7S. The van der Waals surface area contributed by atoms with Crippen molar-refractivity contribution in [3.8, 4) is 0 Å². The van der Waals surface area contributed by atoms with Crippen molar-refractivity contribution in [2.24, 2.45) is 5.73 Å². The molecule has 0 saturated carbocycles. The summed E-state index contributed by atoms with van der Waals surface area (Å²) in [6.45, 7) is 2.68. The van der Waals surface area contributed by atoms with Crippen molar-refractivity contribution < 1.29 is 32.4 Å². The maximum absolute atomic E-state index is 13.1. The fraction of sp³-hybridized carbons (Fsp3) is 0.571. The highest BCUT2D eigenvalue weighted by Gasteiger charge is 2.35. The summed E-state index contributed by atoms with van der Waals surface area (Å²) in [5.41, 5.74) is 6.34. The topological polar surface area (TPSA) is 136 Å². The Hall–Kier alpha value is -2.50. The van der Waals surface area contributed by atoms with Gasteiger partial charge in [0.05, 0.1) is 0 Å². The summed E-state index contributed by atoms with van der Waals surface area (Å²) in [6.07, 6.45) is 0.00541. The summed E-state index contributed by atoms with van der Waals surface area (Å²) in [7, 11) is -3.78. The van der Waals surface area contributed by atoms with Crippen molar-refractivity contribution in [3.05, 3.63) is 35.9 Å². The van der Waals surface area contributed by atoms with E-state index in [1.165, 1.54) is 4.31 Å². The van der Waals surface area contributed by atoms with E-state index in [0.717, 1.165) is 18.4 Å². The van der Waals surface area contributed by atoms with Crippen molar-refractivity contribution in [1.82, 2.24) is 9.37 Å². The van der Waals surface area contributed by atoms with Crippen LogP contribution < -0.4 is 5.73 Å². The lowest BCUT2D eigenvalue weighted by molar-refractivity contribution is -0.178. The van der Waals surface area contributed by atoms with E-state index in [2.05, 4.69) is 0 Å². The van der Waals surface area contributed by atoms with Crippen LogP contribution in [0.4, 0.5) is 4.79 Å². The van der Waals surface area contributed by atoms with E-state index in [1.54, 1.807) is 6.92 Å². The molecule has 178 valence electrons. The number of nitrogens with zero attached hydrogens (tertiary/aromatic N) is 2. The van der Waals surface area contributed by atoms with Crippen LogP contribution in [0.2, 0.25) is 0 Å². The molecule has 1 heterocycles. The first kappa shape index (κ1) is 25.8. The number of carbonyl (C=O) groups excluding carboxylic acids is 3. The second-order valence-electron chi connectivity index (χ2n) is 7.49. The van der Waals surface area contributed by atoms with Crippen LogP contribution in [0.15, 0.2) is 30.3 Å². The molecule has 32 heavy (non-hydrogen) atoms. The summed E-state index contributed by atoms with van der Waals surface area (Å²) in [5, 5.41) is 0.371. The van der Waals surface area contributed by atoms with Crippen LogP contribution in [0.1, 0.15) is 51.0 Å². The third kappa shape index (κ3) is 7.88. The van der Waals surface area contributed by atoms with E-state index >= 15 is 0 Å². The number of ether oxygens (including phenoxy) is 1. The van der Waals surface area contributed by atoms with Crippen LogP contribution in [0.5, 0.6) is 0 Å². The largest absolute Gasteiger partial charge is 0.534 e. The number of hydroxylamine groups is 2. The van der Waals surface area contributed by atoms with Gasteiger partial charge in [0.2, 0.25) is 10.0 Å². The monoisotopic (exact) mass is 469 g/mol. The minimum atomic E-state index is -3.78. The van der Waals surface area contributed by atoms with Gasteiger partial charge in [0.15, 0.2) is 0 Å². The molecule has 2 rings (SSSR count). The van der Waals surface area contributed by atoms with Gasteiger partial charge in [-0.05, 0) is 31.4 Å². The summed E-state index contributed by atoms with van der Waals surface area (Å²) < 4.78 is 32.6. The lowest BCUT2D eigenvalue weighted by Gasteiger charge is -2.24. The predicted molar refractivity (Wildman–Crippen MR) is 116 cm³/mol. The second-order valence-corrected chi connectivity index (χ2v) is 9.50. The molecule has 1 saturated heterocycles. The van der Waals surface area contributed by atoms with Gasteiger partial charge in [-0.15, -0.1) is 0 Å². The third-order valence-electron chi connectivity index (χ3n) is 5.01. The van der Waals surface area contributed by atoms with Crippen LogP contribution in [-0.2, 0) is 35.7 Å². The molecule has 11 heteroatoms. The lowest BCUT2D eigenvalue weighted by atomic mass is 10.1. The normalized spacial score (nSPS) is 15.3. The number of amides is 2. The molecule has 0 radical (unpaired) electrons. The zero-order valence-corrected chi connectivity index (χ0v) is 19.1. The molecule has 1 aromatic carbocycles. The van der Waals surface area contributed by atoms with Crippen LogP contribution in [0, 0.1) is 0 Å². The Morgan fingerprint density at radius 2 is 1.78 bits per heavy atom. The summed E-state index contributed by atoms with van der Waals surface area (Å²) in [4.78, 5) is 40.2. The summed E-state index contributed by atoms with van der Waals surface area (Å²) in [6, 6.07) is 9.17. The van der Waals surface area contributed by atoms with Crippen LogP contribution >= 0.6 is 0 Å². The van der Waals surface area contributed by atoms with Gasteiger partial charge in [-0.3, -0.25) is 14.4 Å². The van der Waals surface area contributed by atoms with Gasteiger partial charge in [-0.2, -0.15) is 4.31 Å². The molecule has 1 aromatic rings. The van der Waals surface area contributed by atoms with E-state index in [-0.39, 0.29) is 32.4 Å². The quantitative estimate of drug-likeness (QED) is 0.263. The number of rotatable bonds is 13. The average molecular weight is 470 g/mol. The highest BCUT2D eigenvalue weighted by atomic mass is 32.2. The van der Waals surface area contributed by atoms with Crippen molar-refractivity contribution >= 4 is 28.0 Å². The predicted octanol–water partition coefficient (Wildman–Crippen LogP) is 1.94. The molecule has 2 N–H and O–H groups in total. The molecule has 10 nitrogen and oxygen atoms in total. The maximum Gasteiger partial charge on any atom is 0.534 e.